The molecule has 0 aliphatic heterocycles. The average molecular weight is 228 g/mol. The second-order valence-corrected chi connectivity index (χ2v) is 3.60. The van der Waals surface area contributed by atoms with Gasteiger partial charge in [-0.25, -0.2) is 0 Å². The minimum atomic E-state index is -0.129. The summed E-state index contributed by atoms with van der Waals surface area (Å²) >= 11 is 0. The van der Waals surface area contributed by atoms with Crippen LogP contribution in [-0.4, -0.2) is 17.9 Å². The second-order valence-electron chi connectivity index (χ2n) is 3.60. The lowest BCUT2D eigenvalue weighted by atomic mass is 10.1. The third-order valence-corrected chi connectivity index (χ3v) is 2.49. The van der Waals surface area contributed by atoms with Crippen LogP contribution in [0.15, 0.2) is 47.4 Å². The van der Waals surface area contributed by atoms with Crippen LogP contribution in [0.2, 0.25) is 0 Å². The van der Waals surface area contributed by atoms with Crippen LogP contribution in [0.3, 0.4) is 0 Å². The Balaban J connectivity index is 2.32. The maximum Gasteiger partial charge on any atom is 0.251 e. The summed E-state index contributed by atoms with van der Waals surface area (Å²) in [5.41, 5.74) is 2.35. The molecule has 0 spiro atoms. The summed E-state index contributed by atoms with van der Waals surface area (Å²) in [6.45, 7) is 0. The van der Waals surface area contributed by atoms with Gasteiger partial charge >= 0.3 is 0 Å². The quantitative estimate of drug-likeness (QED) is 0.816. The van der Waals surface area contributed by atoms with E-state index in [1.165, 1.54) is 6.07 Å². The molecule has 1 aromatic carbocycles. The third kappa shape index (κ3) is 2.42. The number of nitrogens with one attached hydrogen (secondary N) is 2. The monoisotopic (exact) mass is 228 g/mol. The molecule has 86 valence electrons. The predicted molar refractivity (Wildman–Crippen MR) is 65.9 cm³/mol. The Kier molecular flexibility index (Phi) is 3.05. The highest BCUT2D eigenvalue weighted by molar-refractivity contribution is 5.94. The van der Waals surface area contributed by atoms with Crippen LogP contribution < -0.4 is 10.9 Å². The van der Waals surface area contributed by atoms with Crippen molar-refractivity contribution in [2.75, 3.05) is 7.05 Å². The van der Waals surface area contributed by atoms with Crippen LogP contribution in [0.5, 0.6) is 0 Å². The first kappa shape index (κ1) is 11.1. The summed E-state index contributed by atoms with van der Waals surface area (Å²) in [5.74, 6) is -0.113. The van der Waals surface area contributed by atoms with E-state index in [4.69, 9.17) is 0 Å². The van der Waals surface area contributed by atoms with Crippen molar-refractivity contribution in [3.8, 4) is 11.1 Å². The van der Waals surface area contributed by atoms with Crippen molar-refractivity contribution in [3.63, 3.8) is 0 Å². The van der Waals surface area contributed by atoms with E-state index >= 15 is 0 Å². The lowest BCUT2D eigenvalue weighted by molar-refractivity contribution is 0.0963. The van der Waals surface area contributed by atoms with Gasteiger partial charge in [-0.3, -0.25) is 9.59 Å². The molecule has 17 heavy (non-hydrogen) atoms. The highest BCUT2D eigenvalue weighted by Crippen LogP contribution is 2.17. The normalized spacial score (nSPS) is 9.94. The Morgan fingerprint density at radius 2 is 1.71 bits per heavy atom. The van der Waals surface area contributed by atoms with Gasteiger partial charge in [-0.05, 0) is 29.3 Å². The molecular weight excluding hydrogens is 216 g/mol. The van der Waals surface area contributed by atoms with Crippen molar-refractivity contribution >= 4 is 5.91 Å². The minimum Gasteiger partial charge on any atom is -0.355 e. The standard InChI is InChI=1S/C13H12N2O2/c1-14-13(17)10-4-2-9(3-5-10)11-6-7-12(16)15-8-11/h2-8H,1H3,(H,14,17)(H,15,16). The van der Waals surface area contributed by atoms with E-state index in [2.05, 4.69) is 10.3 Å². The number of rotatable bonds is 2. The molecule has 4 heteroatoms. The largest absolute Gasteiger partial charge is 0.355 e. The summed E-state index contributed by atoms with van der Waals surface area (Å²) in [4.78, 5) is 24.9. The van der Waals surface area contributed by atoms with Gasteiger partial charge in [-0.2, -0.15) is 0 Å². The highest BCUT2D eigenvalue weighted by Gasteiger charge is 2.03. The molecule has 0 radical (unpaired) electrons. The molecule has 0 unspecified atom stereocenters. The SMILES string of the molecule is CNC(=O)c1ccc(-c2ccc(=O)[nH]c2)cc1. The van der Waals surface area contributed by atoms with Crippen LogP contribution in [0, 0.1) is 0 Å². The molecule has 1 aromatic heterocycles. The van der Waals surface area contributed by atoms with Gasteiger partial charge in [0.1, 0.15) is 0 Å². The Labute approximate surface area is 98.3 Å². The summed E-state index contributed by atoms with van der Waals surface area (Å²) in [6, 6.07) is 10.4. The Bertz CT molecular complexity index is 565. The van der Waals surface area contributed by atoms with E-state index in [0.29, 0.717) is 5.56 Å². The van der Waals surface area contributed by atoms with Crippen LogP contribution in [-0.2, 0) is 0 Å². The van der Waals surface area contributed by atoms with Crippen LogP contribution in [0.4, 0.5) is 0 Å². The summed E-state index contributed by atoms with van der Waals surface area (Å²) in [5, 5.41) is 2.56. The maximum absolute atomic E-state index is 11.3. The number of hydrogen-bond donors (Lipinski definition) is 2. The zero-order valence-electron chi connectivity index (χ0n) is 9.36. The van der Waals surface area contributed by atoms with E-state index < -0.39 is 0 Å². The van der Waals surface area contributed by atoms with E-state index in [1.807, 2.05) is 12.1 Å². The van der Waals surface area contributed by atoms with Gasteiger partial charge in [0.05, 0.1) is 0 Å². The molecule has 0 saturated heterocycles. The molecule has 0 aliphatic rings. The fourth-order valence-corrected chi connectivity index (χ4v) is 1.55. The number of benzene rings is 1. The van der Waals surface area contributed by atoms with Gasteiger partial charge in [0.15, 0.2) is 0 Å². The molecule has 1 heterocycles. The molecule has 0 saturated carbocycles. The summed E-state index contributed by atoms with van der Waals surface area (Å²) < 4.78 is 0. The van der Waals surface area contributed by atoms with Crippen molar-refractivity contribution in [3.05, 3.63) is 58.5 Å². The lowest BCUT2D eigenvalue weighted by Gasteiger charge is -2.03. The number of carbonyl (C=O) groups excluding carboxylic acids is 1. The number of aromatic amines is 1. The molecule has 0 bridgehead atoms. The van der Waals surface area contributed by atoms with Crippen LogP contribution >= 0.6 is 0 Å². The fraction of sp³-hybridized carbons (Fsp3) is 0.0769. The molecule has 1 amide bonds. The highest BCUT2D eigenvalue weighted by atomic mass is 16.1. The number of aromatic nitrogens is 1. The van der Waals surface area contributed by atoms with Gasteiger partial charge < -0.3 is 10.3 Å². The lowest BCUT2D eigenvalue weighted by Crippen LogP contribution is -2.17. The smallest absolute Gasteiger partial charge is 0.251 e. The molecule has 0 atom stereocenters. The molecule has 0 fully saturated rings. The maximum atomic E-state index is 11.3. The van der Waals surface area contributed by atoms with Gasteiger partial charge in [-0.15, -0.1) is 0 Å². The topological polar surface area (TPSA) is 62.0 Å². The van der Waals surface area contributed by atoms with Crippen LogP contribution in [0.25, 0.3) is 11.1 Å². The zero-order valence-corrected chi connectivity index (χ0v) is 9.36. The predicted octanol–water partition coefficient (Wildman–Crippen LogP) is 1.40. The Morgan fingerprint density at radius 1 is 1.06 bits per heavy atom. The van der Waals surface area contributed by atoms with Gasteiger partial charge in [-0.1, -0.05) is 12.1 Å². The van der Waals surface area contributed by atoms with E-state index in [0.717, 1.165) is 11.1 Å². The average Bonchev–Trinajstić information content (AvgIpc) is 2.39. The molecular formula is C13H12N2O2. The number of pyridine rings is 1. The zero-order chi connectivity index (χ0) is 12.3. The number of amides is 1. The molecule has 4 nitrogen and oxygen atoms in total. The van der Waals surface area contributed by atoms with E-state index in [1.54, 1.807) is 31.4 Å². The van der Waals surface area contributed by atoms with Gasteiger partial charge in [0, 0.05) is 24.9 Å². The minimum absolute atomic E-state index is 0.113. The van der Waals surface area contributed by atoms with Crippen molar-refractivity contribution in [1.82, 2.24) is 10.3 Å². The summed E-state index contributed by atoms with van der Waals surface area (Å²) in [7, 11) is 1.60. The molecule has 2 aromatic rings. The molecule has 2 N–H and O–H groups in total. The van der Waals surface area contributed by atoms with Gasteiger partial charge in [0.2, 0.25) is 5.56 Å². The number of carbonyl (C=O) groups is 1. The molecule has 2 rings (SSSR count). The first-order chi connectivity index (χ1) is 8.20. The van der Waals surface area contributed by atoms with Gasteiger partial charge in [0.25, 0.3) is 5.91 Å². The second kappa shape index (κ2) is 4.65. The summed E-state index contributed by atoms with van der Waals surface area (Å²) in [6.07, 6.45) is 1.65. The van der Waals surface area contributed by atoms with Crippen molar-refractivity contribution in [1.29, 1.82) is 0 Å². The van der Waals surface area contributed by atoms with E-state index in [9.17, 15) is 9.59 Å². The third-order valence-electron chi connectivity index (χ3n) is 2.49. The molecule has 0 aliphatic carbocycles. The van der Waals surface area contributed by atoms with Crippen LogP contribution in [0.1, 0.15) is 10.4 Å². The Morgan fingerprint density at radius 3 is 2.24 bits per heavy atom. The van der Waals surface area contributed by atoms with E-state index in [-0.39, 0.29) is 11.5 Å². The van der Waals surface area contributed by atoms with Crippen molar-refractivity contribution < 1.29 is 4.79 Å². The van der Waals surface area contributed by atoms with Crippen molar-refractivity contribution in [2.24, 2.45) is 0 Å². The number of hydrogen-bond acceptors (Lipinski definition) is 2. The number of H-pyrrole nitrogens is 1. The van der Waals surface area contributed by atoms with Crippen molar-refractivity contribution in [2.45, 2.75) is 0 Å². The fourth-order valence-electron chi connectivity index (χ4n) is 1.55. The Hall–Kier alpha value is -2.36. The first-order valence-electron chi connectivity index (χ1n) is 5.22. The first-order valence-corrected chi connectivity index (χ1v) is 5.22.